The zero-order valence-corrected chi connectivity index (χ0v) is 14.3. The average molecular weight is 343 g/mol. The Balaban J connectivity index is 2.93. The van der Waals surface area contributed by atoms with Gasteiger partial charge in [-0.25, -0.2) is 4.79 Å². The second-order valence-electron chi connectivity index (χ2n) is 5.75. The van der Waals surface area contributed by atoms with Crippen molar-refractivity contribution in [2.45, 2.75) is 44.6 Å². The molecule has 0 aliphatic heterocycles. The van der Waals surface area contributed by atoms with Crippen LogP contribution in [0.1, 0.15) is 38.5 Å². The van der Waals surface area contributed by atoms with Crippen LogP contribution in [0.2, 0.25) is 0 Å². The third kappa shape index (κ3) is 5.50. The fraction of sp³-hybridized carbons (Fsp3) is 0.750. The fourth-order valence-corrected chi connectivity index (χ4v) is 2.84. The molecule has 1 saturated carbocycles. The molecule has 8 heteroatoms. The van der Waals surface area contributed by atoms with Gasteiger partial charge in [0.25, 0.3) is 0 Å². The van der Waals surface area contributed by atoms with Gasteiger partial charge in [0.1, 0.15) is 6.04 Å². The summed E-state index contributed by atoms with van der Waals surface area (Å²) in [4.78, 5) is 48.0. The Bertz CT molecular complexity index is 471. The van der Waals surface area contributed by atoms with E-state index >= 15 is 0 Å². The van der Waals surface area contributed by atoms with Crippen LogP contribution in [0.4, 0.5) is 0 Å². The quantitative estimate of drug-likeness (QED) is 0.532. The van der Waals surface area contributed by atoms with Gasteiger partial charge in [0, 0.05) is 5.92 Å². The third-order valence-electron chi connectivity index (χ3n) is 4.25. The van der Waals surface area contributed by atoms with E-state index in [4.69, 9.17) is 0 Å². The number of amides is 1. The first-order valence-corrected chi connectivity index (χ1v) is 7.97. The molecule has 0 radical (unpaired) electrons. The summed E-state index contributed by atoms with van der Waals surface area (Å²) in [5.41, 5.74) is 0. The summed E-state index contributed by atoms with van der Waals surface area (Å²) in [7, 11) is 3.46. The van der Waals surface area contributed by atoms with Gasteiger partial charge in [-0.15, -0.1) is 0 Å². The van der Waals surface area contributed by atoms with E-state index in [1.54, 1.807) is 0 Å². The van der Waals surface area contributed by atoms with Crippen LogP contribution < -0.4 is 5.32 Å². The molecule has 1 fully saturated rings. The lowest BCUT2D eigenvalue weighted by atomic mass is 9.87. The molecule has 1 aliphatic carbocycles. The van der Waals surface area contributed by atoms with E-state index in [9.17, 15) is 19.2 Å². The summed E-state index contributed by atoms with van der Waals surface area (Å²) in [6.45, 7) is 0. The minimum atomic E-state index is -1.30. The molecule has 0 aromatic rings. The predicted octanol–water partition coefficient (Wildman–Crippen LogP) is 0.577. The Morgan fingerprint density at radius 1 is 0.917 bits per heavy atom. The highest BCUT2D eigenvalue weighted by molar-refractivity contribution is 5.91. The standard InChI is InChI=1S/C16H25NO7/c1-22-12(18)9-11(15(20)23-2)13(16(21)24-3)17-14(19)10-7-5-4-6-8-10/h10-11,13H,4-9H2,1-3H3,(H,17,19)/t11-,13+/m0/s1. The first-order valence-electron chi connectivity index (χ1n) is 7.97. The number of ether oxygens (including phenoxy) is 3. The zero-order chi connectivity index (χ0) is 18.1. The monoisotopic (exact) mass is 343 g/mol. The van der Waals surface area contributed by atoms with Crippen LogP contribution in [-0.4, -0.2) is 51.2 Å². The molecule has 1 rings (SSSR count). The van der Waals surface area contributed by atoms with Gasteiger partial charge in [-0.2, -0.15) is 0 Å². The largest absolute Gasteiger partial charge is 0.469 e. The molecule has 1 aliphatic rings. The van der Waals surface area contributed by atoms with E-state index in [1.807, 2.05) is 0 Å². The molecule has 1 N–H and O–H groups in total. The van der Waals surface area contributed by atoms with Gasteiger partial charge in [0.2, 0.25) is 5.91 Å². The molecule has 0 aromatic carbocycles. The van der Waals surface area contributed by atoms with Crippen molar-refractivity contribution in [3.05, 3.63) is 0 Å². The lowest BCUT2D eigenvalue weighted by Crippen LogP contribution is -2.51. The van der Waals surface area contributed by atoms with E-state index in [2.05, 4.69) is 19.5 Å². The Labute approximate surface area is 141 Å². The number of hydrogen-bond donors (Lipinski definition) is 1. The van der Waals surface area contributed by atoms with Crippen LogP contribution in [0.25, 0.3) is 0 Å². The third-order valence-corrected chi connectivity index (χ3v) is 4.25. The summed E-state index contributed by atoms with van der Waals surface area (Å²) >= 11 is 0. The van der Waals surface area contributed by atoms with Crippen molar-refractivity contribution in [2.24, 2.45) is 11.8 Å². The number of carbonyl (C=O) groups excluding carboxylic acids is 4. The second kappa shape index (κ2) is 9.89. The minimum Gasteiger partial charge on any atom is -0.469 e. The molecule has 1 amide bonds. The first-order chi connectivity index (χ1) is 11.4. The highest BCUT2D eigenvalue weighted by atomic mass is 16.5. The van der Waals surface area contributed by atoms with Crippen molar-refractivity contribution in [3.63, 3.8) is 0 Å². The number of hydrogen-bond acceptors (Lipinski definition) is 7. The summed E-state index contributed by atoms with van der Waals surface area (Å²) in [5, 5.41) is 2.56. The molecular weight excluding hydrogens is 318 g/mol. The molecule has 0 saturated heterocycles. The maximum absolute atomic E-state index is 12.4. The summed E-state index contributed by atoms with van der Waals surface area (Å²) in [6, 6.07) is -1.30. The Morgan fingerprint density at radius 3 is 2.00 bits per heavy atom. The molecule has 0 bridgehead atoms. The second-order valence-corrected chi connectivity index (χ2v) is 5.75. The van der Waals surface area contributed by atoms with Gasteiger partial charge in [-0.1, -0.05) is 19.3 Å². The number of esters is 3. The van der Waals surface area contributed by atoms with Gasteiger partial charge in [0.05, 0.1) is 33.7 Å². The van der Waals surface area contributed by atoms with Gasteiger partial charge < -0.3 is 19.5 Å². The van der Waals surface area contributed by atoms with Gasteiger partial charge in [-0.3, -0.25) is 14.4 Å². The van der Waals surface area contributed by atoms with Crippen molar-refractivity contribution in [1.29, 1.82) is 0 Å². The maximum atomic E-state index is 12.4. The molecular formula is C16H25NO7. The predicted molar refractivity (Wildman–Crippen MR) is 82.7 cm³/mol. The molecule has 8 nitrogen and oxygen atoms in total. The smallest absolute Gasteiger partial charge is 0.329 e. The summed E-state index contributed by atoms with van der Waals surface area (Å²) < 4.78 is 13.9. The Morgan fingerprint density at radius 2 is 1.50 bits per heavy atom. The van der Waals surface area contributed by atoms with E-state index in [0.29, 0.717) is 0 Å². The zero-order valence-electron chi connectivity index (χ0n) is 14.3. The van der Waals surface area contributed by atoms with E-state index in [-0.39, 0.29) is 11.8 Å². The van der Waals surface area contributed by atoms with Crippen LogP contribution in [0.15, 0.2) is 0 Å². The highest BCUT2D eigenvalue weighted by Gasteiger charge is 2.39. The Kier molecular flexibility index (Phi) is 8.21. The van der Waals surface area contributed by atoms with Crippen LogP contribution in [0.3, 0.4) is 0 Å². The topological polar surface area (TPSA) is 108 Å². The van der Waals surface area contributed by atoms with E-state index in [0.717, 1.165) is 46.3 Å². The van der Waals surface area contributed by atoms with Crippen molar-refractivity contribution in [3.8, 4) is 0 Å². The van der Waals surface area contributed by atoms with Crippen LogP contribution >= 0.6 is 0 Å². The van der Waals surface area contributed by atoms with Crippen molar-refractivity contribution < 1.29 is 33.4 Å². The molecule has 0 aromatic heterocycles. The number of nitrogens with one attached hydrogen (secondary N) is 1. The Hall–Kier alpha value is -2.12. The maximum Gasteiger partial charge on any atom is 0.329 e. The first kappa shape index (κ1) is 19.9. The summed E-state index contributed by atoms with van der Waals surface area (Å²) in [5.74, 6) is -4.02. The number of rotatable bonds is 7. The number of carbonyl (C=O) groups is 4. The SMILES string of the molecule is COC(=O)C[C@H](C(=O)OC)[C@@H](NC(=O)C1CCCCC1)C(=O)OC. The lowest BCUT2D eigenvalue weighted by Gasteiger charge is -2.27. The highest BCUT2D eigenvalue weighted by Crippen LogP contribution is 2.24. The molecule has 136 valence electrons. The minimum absolute atomic E-state index is 0.206. The van der Waals surface area contributed by atoms with Crippen molar-refractivity contribution >= 4 is 23.8 Å². The van der Waals surface area contributed by atoms with Crippen LogP contribution in [0, 0.1) is 11.8 Å². The molecule has 0 heterocycles. The summed E-state index contributed by atoms with van der Waals surface area (Å²) in [6.07, 6.45) is 4.05. The van der Waals surface area contributed by atoms with Crippen LogP contribution in [0.5, 0.6) is 0 Å². The van der Waals surface area contributed by atoms with Gasteiger partial charge in [0.15, 0.2) is 0 Å². The van der Waals surface area contributed by atoms with E-state index < -0.39 is 36.3 Å². The molecule has 2 atom stereocenters. The number of methoxy groups -OCH3 is 3. The lowest BCUT2D eigenvalue weighted by molar-refractivity contribution is -0.159. The van der Waals surface area contributed by atoms with Crippen LogP contribution in [-0.2, 0) is 33.4 Å². The fourth-order valence-electron chi connectivity index (χ4n) is 2.84. The molecule has 24 heavy (non-hydrogen) atoms. The van der Waals surface area contributed by atoms with Crippen molar-refractivity contribution in [1.82, 2.24) is 5.32 Å². The van der Waals surface area contributed by atoms with Crippen molar-refractivity contribution in [2.75, 3.05) is 21.3 Å². The molecule has 0 unspecified atom stereocenters. The normalized spacial score (nSPS) is 17.3. The van der Waals surface area contributed by atoms with Gasteiger partial charge >= 0.3 is 17.9 Å². The van der Waals surface area contributed by atoms with E-state index in [1.165, 1.54) is 7.11 Å². The molecule has 0 spiro atoms. The van der Waals surface area contributed by atoms with Gasteiger partial charge in [-0.05, 0) is 12.8 Å². The average Bonchev–Trinajstić information content (AvgIpc) is 2.63.